The summed E-state index contributed by atoms with van der Waals surface area (Å²) in [4.78, 5) is 41.4. The average Bonchev–Trinajstić information content (AvgIpc) is 2.87. The Bertz CT molecular complexity index is 1080. The van der Waals surface area contributed by atoms with Gasteiger partial charge in [-0.1, -0.05) is 48.5 Å². The van der Waals surface area contributed by atoms with Crippen molar-refractivity contribution in [3.05, 3.63) is 83.7 Å². The number of rotatable bonds is 12. The van der Waals surface area contributed by atoms with Gasteiger partial charge in [0, 0.05) is 32.6 Å². The molecule has 2 aromatic carbocycles. The van der Waals surface area contributed by atoms with Crippen LogP contribution in [-0.2, 0) is 27.2 Å². The predicted octanol–water partition coefficient (Wildman–Crippen LogP) is 2.84. The molecule has 3 rings (SSSR count). The lowest BCUT2D eigenvalue weighted by molar-refractivity contribution is -0.141. The molecule has 0 radical (unpaired) electrons. The van der Waals surface area contributed by atoms with E-state index in [0.29, 0.717) is 19.4 Å². The maximum absolute atomic E-state index is 13.4. The first kappa shape index (κ1) is 28.1. The predicted molar refractivity (Wildman–Crippen MR) is 142 cm³/mol. The fraction of sp³-hybridized carbons (Fsp3) is 0.414. The first-order chi connectivity index (χ1) is 17.7. The zero-order valence-corrected chi connectivity index (χ0v) is 21.7. The number of halogens is 1. The van der Waals surface area contributed by atoms with Gasteiger partial charge >= 0.3 is 0 Å². The number of carbonyl (C=O) groups excluding carboxylic acids is 3. The molecule has 0 aliphatic heterocycles. The molecule has 1 atom stereocenters. The van der Waals surface area contributed by atoms with Crippen molar-refractivity contribution in [3.63, 3.8) is 0 Å². The largest absolute Gasteiger partial charge is 0.354 e. The second-order valence-electron chi connectivity index (χ2n) is 9.89. The van der Waals surface area contributed by atoms with E-state index in [1.54, 1.807) is 32.3 Å². The molecule has 1 aliphatic rings. The molecule has 8 heteroatoms. The van der Waals surface area contributed by atoms with Gasteiger partial charge in [0.15, 0.2) is 0 Å². The van der Waals surface area contributed by atoms with Gasteiger partial charge in [0.25, 0.3) is 0 Å². The Morgan fingerprint density at radius 3 is 2.35 bits per heavy atom. The van der Waals surface area contributed by atoms with Crippen LogP contribution < -0.4 is 11.1 Å². The van der Waals surface area contributed by atoms with Crippen LogP contribution in [0.25, 0.3) is 0 Å². The highest BCUT2D eigenvalue weighted by Gasteiger charge is 2.31. The van der Waals surface area contributed by atoms with Crippen LogP contribution >= 0.6 is 0 Å². The first-order valence-electron chi connectivity index (χ1n) is 12.7. The van der Waals surface area contributed by atoms with Crippen molar-refractivity contribution in [1.29, 1.82) is 0 Å². The molecule has 1 fully saturated rings. The summed E-state index contributed by atoms with van der Waals surface area (Å²) in [5.41, 5.74) is 7.79. The van der Waals surface area contributed by atoms with E-state index in [0.717, 1.165) is 30.4 Å². The Balaban J connectivity index is 1.61. The Hall–Kier alpha value is -3.52. The number of amides is 3. The third kappa shape index (κ3) is 8.53. The van der Waals surface area contributed by atoms with Crippen LogP contribution in [0.2, 0.25) is 0 Å². The second-order valence-corrected chi connectivity index (χ2v) is 9.89. The molecule has 0 bridgehead atoms. The van der Waals surface area contributed by atoms with Gasteiger partial charge in [0.05, 0.1) is 6.54 Å². The summed E-state index contributed by atoms with van der Waals surface area (Å²) in [6.07, 6.45) is 7.73. The summed E-state index contributed by atoms with van der Waals surface area (Å²) in [5, 5.41) is 2.92. The molecule has 3 N–H and O–H groups in total. The highest BCUT2D eigenvalue weighted by atomic mass is 19.1. The van der Waals surface area contributed by atoms with E-state index in [9.17, 15) is 18.8 Å². The molecule has 198 valence electrons. The van der Waals surface area contributed by atoms with Gasteiger partial charge in [-0.15, -0.1) is 0 Å². The highest BCUT2D eigenvalue weighted by Crippen LogP contribution is 2.32. The number of hydrogen-bond donors (Lipinski definition) is 2. The van der Waals surface area contributed by atoms with Crippen LogP contribution in [0.4, 0.5) is 4.39 Å². The average molecular weight is 509 g/mol. The minimum Gasteiger partial charge on any atom is -0.354 e. The molecule has 0 heterocycles. The van der Waals surface area contributed by atoms with E-state index in [4.69, 9.17) is 5.73 Å². The maximum atomic E-state index is 13.4. The van der Waals surface area contributed by atoms with Crippen molar-refractivity contribution in [2.45, 2.75) is 50.1 Å². The Kier molecular flexibility index (Phi) is 9.97. The fourth-order valence-corrected chi connectivity index (χ4v) is 4.26. The molecule has 37 heavy (non-hydrogen) atoms. The molecule has 0 spiro atoms. The van der Waals surface area contributed by atoms with Gasteiger partial charge in [-0.3, -0.25) is 14.4 Å². The van der Waals surface area contributed by atoms with Crippen LogP contribution in [0, 0.1) is 5.82 Å². The minimum atomic E-state index is -0.816. The number of nitrogens with one attached hydrogen (secondary N) is 1. The molecule has 1 unspecified atom stereocenters. The fourth-order valence-electron chi connectivity index (χ4n) is 4.26. The third-order valence-electron chi connectivity index (χ3n) is 6.94. The SMILES string of the molecule is CN(CC(=O)N(C)C(Cc1ccc(F)cc1)C(=O)NCCc1ccccc1)C(=O)/C=C/CC1(N)CCC1. The second kappa shape index (κ2) is 13.1. The van der Waals surface area contributed by atoms with Crippen LogP contribution in [0.3, 0.4) is 0 Å². The van der Waals surface area contributed by atoms with E-state index in [1.165, 1.54) is 28.0 Å². The normalized spacial score (nSPS) is 15.0. The highest BCUT2D eigenvalue weighted by molar-refractivity contribution is 5.93. The smallest absolute Gasteiger partial charge is 0.246 e. The summed E-state index contributed by atoms with van der Waals surface area (Å²) in [5.74, 6) is -1.35. The van der Waals surface area contributed by atoms with Gasteiger partial charge in [-0.25, -0.2) is 4.39 Å². The third-order valence-corrected chi connectivity index (χ3v) is 6.94. The molecule has 0 saturated heterocycles. The summed E-state index contributed by atoms with van der Waals surface area (Å²) in [6, 6.07) is 14.8. The van der Waals surface area contributed by atoms with Gasteiger partial charge < -0.3 is 20.9 Å². The zero-order valence-electron chi connectivity index (χ0n) is 21.7. The Labute approximate surface area is 218 Å². The quantitative estimate of drug-likeness (QED) is 0.431. The van der Waals surface area contributed by atoms with Crippen LogP contribution in [0.5, 0.6) is 0 Å². The van der Waals surface area contributed by atoms with Crippen molar-refractivity contribution in [3.8, 4) is 0 Å². The summed E-state index contributed by atoms with van der Waals surface area (Å²) < 4.78 is 13.4. The van der Waals surface area contributed by atoms with Crippen molar-refractivity contribution in [1.82, 2.24) is 15.1 Å². The summed E-state index contributed by atoms with van der Waals surface area (Å²) >= 11 is 0. The lowest BCUT2D eigenvalue weighted by Gasteiger charge is -2.37. The standard InChI is InChI=1S/C29H37FN4O3/c1-33(26(35)10-6-16-29(31)17-7-18-29)21-27(36)34(2)25(20-23-11-13-24(30)14-12-23)28(37)32-19-15-22-8-4-3-5-9-22/h3-6,8-14,25H,7,15-21,31H2,1-2H3,(H,32,37)/b10-6+. The van der Waals surface area contributed by atoms with Gasteiger partial charge in [-0.05, 0) is 61.4 Å². The molecule has 3 amide bonds. The van der Waals surface area contributed by atoms with Crippen molar-refractivity contribution >= 4 is 17.7 Å². The van der Waals surface area contributed by atoms with Gasteiger partial charge in [0.2, 0.25) is 17.7 Å². The van der Waals surface area contributed by atoms with E-state index in [2.05, 4.69) is 5.32 Å². The van der Waals surface area contributed by atoms with Gasteiger partial charge in [0.1, 0.15) is 11.9 Å². The number of hydrogen-bond acceptors (Lipinski definition) is 4. The Morgan fingerprint density at radius 2 is 1.73 bits per heavy atom. The number of nitrogens with zero attached hydrogens (tertiary/aromatic N) is 2. The van der Waals surface area contributed by atoms with Crippen LogP contribution in [0.15, 0.2) is 66.7 Å². The number of benzene rings is 2. The molecule has 1 saturated carbocycles. The summed E-state index contributed by atoms with van der Waals surface area (Å²) in [6.45, 7) is 0.237. The minimum absolute atomic E-state index is 0.176. The lowest BCUT2D eigenvalue weighted by atomic mass is 9.75. The lowest BCUT2D eigenvalue weighted by Crippen LogP contribution is -2.51. The van der Waals surface area contributed by atoms with Crippen LogP contribution in [0.1, 0.15) is 36.8 Å². The molecule has 1 aliphatic carbocycles. The molecular formula is C29H37FN4O3. The number of nitrogens with two attached hydrogens (primary N) is 1. The number of likely N-dealkylation sites (N-methyl/N-ethyl adjacent to an activating group) is 2. The van der Waals surface area contributed by atoms with Crippen LogP contribution in [-0.4, -0.2) is 66.3 Å². The molecular weight excluding hydrogens is 471 g/mol. The molecule has 7 nitrogen and oxygen atoms in total. The summed E-state index contributed by atoms with van der Waals surface area (Å²) in [7, 11) is 3.10. The van der Waals surface area contributed by atoms with Crippen molar-refractivity contribution < 1.29 is 18.8 Å². The van der Waals surface area contributed by atoms with Crippen molar-refractivity contribution in [2.75, 3.05) is 27.2 Å². The zero-order chi connectivity index (χ0) is 26.8. The van der Waals surface area contributed by atoms with Gasteiger partial charge in [-0.2, -0.15) is 0 Å². The van der Waals surface area contributed by atoms with Crippen molar-refractivity contribution in [2.24, 2.45) is 5.73 Å². The topological polar surface area (TPSA) is 95.7 Å². The molecule has 2 aromatic rings. The van der Waals surface area contributed by atoms with E-state index in [-0.39, 0.29) is 42.0 Å². The number of carbonyl (C=O) groups is 3. The van der Waals surface area contributed by atoms with E-state index in [1.807, 2.05) is 30.3 Å². The van der Waals surface area contributed by atoms with E-state index < -0.39 is 6.04 Å². The Morgan fingerprint density at radius 1 is 1.05 bits per heavy atom. The maximum Gasteiger partial charge on any atom is 0.246 e. The monoisotopic (exact) mass is 508 g/mol. The van der Waals surface area contributed by atoms with E-state index >= 15 is 0 Å². The molecule has 0 aromatic heterocycles. The first-order valence-corrected chi connectivity index (χ1v) is 12.7.